The molecule has 0 bridgehead atoms. The van der Waals surface area contributed by atoms with Gasteiger partial charge in [0.15, 0.2) is 0 Å². The molecule has 0 radical (unpaired) electrons. The molecule has 4 atom stereocenters. The molecule has 2 aliphatic heterocycles. The maximum atomic E-state index is 13.6. The van der Waals surface area contributed by atoms with Gasteiger partial charge in [-0.1, -0.05) is 54.6 Å². The van der Waals surface area contributed by atoms with Crippen molar-refractivity contribution in [3.63, 3.8) is 0 Å². The minimum absolute atomic E-state index is 0.0532. The van der Waals surface area contributed by atoms with Gasteiger partial charge >= 0.3 is 0 Å². The zero-order valence-electron chi connectivity index (χ0n) is 17.8. The van der Waals surface area contributed by atoms with Crippen molar-refractivity contribution in [1.82, 2.24) is 14.8 Å². The van der Waals surface area contributed by atoms with Crippen LogP contribution in [0.15, 0.2) is 66.7 Å². The minimum atomic E-state index is -0.346. The van der Waals surface area contributed by atoms with Gasteiger partial charge in [-0.05, 0) is 42.5 Å². The molecule has 1 N–H and O–H groups in total. The fourth-order valence-corrected chi connectivity index (χ4v) is 5.12. The summed E-state index contributed by atoms with van der Waals surface area (Å²) in [6.07, 6.45) is 5.69. The molecule has 4 unspecified atom stereocenters. The van der Waals surface area contributed by atoms with Crippen LogP contribution in [0.2, 0.25) is 0 Å². The van der Waals surface area contributed by atoms with Gasteiger partial charge < -0.3 is 5.32 Å². The van der Waals surface area contributed by atoms with Crippen molar-refractivity contribution in [3.8, 4) is 0 Å². The van der Waals surface area contributed by atoms with E-state index in [2.05, 4.69) is 15.4 Å². The van der Waals surface area contributed by atoms with Crippen LogP contribution in [-0.4, -0.2) is 26.6 Å². The Labute approximate surface area is 189 Å². The number of nitrogens with zero attached hydrogens (tertiary/aromatic N) is 4. The number of carbonyl (C=O) groups is 2. The van der Waals surface area contributed by atoms with Gasteiger partial charge in [0, 0.05) is 0 Å². The number of allylic oxidation sites excluding steroid dienone is 2. The van der Waals surface area contributed by atoms with Crippen molar-refractivity contribution in [2.45, 2.75) is 31.3 Å². The highest BCUT2D eigenvalue weighted by molar-refractivity contribution is 6.21. The van der Waals surface area contributed by atoms with E-state index in [1.54, 1.807) is 16.8 Å². The van der Waals surface area contributed by atoms with Crippen LogP contribution in [0.1, 0.15) is 42.5 Å². The Hall–Kier alpha value is -3.81. The van der Waals surface area contributed by atoms with Crippen molar-refractivity contribution in [1.29, 1.82) is 0 Å². The first-order chi connectivity index (χ1) is 16.1. The Morgan fingerprint density at radius 3 is 2.21 bits per heavy atom. The van der Waals surface area contributed by atoms with Crippen molar-refractivity contribution in [2.24, 2.45) is 11.8 Å². The summed E-state index contributed by atoms with van der Waals surface area (Å²) in [6.45, 7) is 0. The topological polar surface area (TPSA) is 80.1 Å². The lowest BCUT2D eigenvalue weighted by molar-refractivity contribution is -0.122. The second-order valence-electron chi connectivity index (χ2n) is 8.76. The highest BCUT2D eigenvalue weighted by Crippen LogP contribution is 2.41. The molecule has 2 amide bonds. The van der Waals surface area contributed by atoms with Crippen LogP contribution in [0.3, 0.4) is 0 Å². The molecule has 6 rings (SSSR count). The number of imide groups is 1. The second kappa shape index (κ2) is 7.65. The standard InChI is InChI=1S/C25H22FN5O2/c26-17-12-10-16(11-13-17)21-14-20(15-6-2-1-3-7-15)27-24-28-25(29-31(21)24)30-22(32)18-8-4-5-9-19(18)23(30)33/h1-7,10-13,18-21H,8-9,14H2,(H,27,28,29). The van der Waals surface area contributed by atoms with Crippen LogP contribution in [0.4, 0.5) is 16.3 Å². The largest absolute Gasteiger partial charge is 0.347 e. The third-order valence-electron chi connectivity index (χ3n) is 6.84. The SMILES string of the molecule is O=C1C2CC=CCC2C(=O)N1c1nc2n(n1)C(c1ccc(F)cc1)CC(c1ccccc1)N2. The zero-order valence-corrected chi connectivity index (χ0v) is 17.8. The van der Waals surface area contributed by atoms with Crippen molar-refractivity contribution in [3.05, 3.63) is 83.7 Å². The fourth-order valence-electron chi connectivity index (χ4n) is 5.12. The van der Waals surface area contributed by atoms with E-state index < -0.39 is 0 Å². The molecule has 1 saturated heterocycles. The molecule has 0 spiro atoms. The molecule has 8 heteroatoms. The zero-order chi connectivity index (χ0) is 22.5. The van der Waals surface area contributed by atoms with Crippen LogP contribution >= 0.6 is 0 Å². The number of aromatic nitrogens is 3. The first kappa shape index (κ1) is 19.8. The number of fused-ring (bicyclic) bond motifs is 2. The van der Waals surface area contributed by atoms with Gasteiger partial charge in [0.25, 0.3) is 5.95 Å². The molecule has 0 saturated carbocycles. The number of rotatable bonds is 3. The number of hydrogen-bond acceptors (Lipinski definition) is 5. The van der Waals surface area contributed by atoms with Crippen LogP contribution in [0.25, 0.3) is 0 Å². The van der Waals surface area contributed by atoms with Crippen LogP contribution in [-0.2, 0) is 9.59 Å². The van der Waals surface area contributed by atoms with Gasteiger partial charge in [-0.3, -0.25) is 9.59 Å². The maximum Gasteiger partial charge on any atom is 0.260 e. The van der Waals surface area contributed by atoms with E-state index in [1.807, 2.05) is 42.5 Å². The van der Waals surface area contributed by atoms with Gasteiger partial charge in [-0.2, -0.15) is 4.98 Å². The van der Waals surface area contributed by atoms with E-state index in [0.717, 1.165) is 16.0 Å². The van der Waals surface area contributed by atoms with E-state index in [0.29, 0.717) is 25.2 Å². The number of nitrogens with one attached hydrogen (secondary N) is 1. The molecule has 3 aromatic rings. The molecule has 1 aromatic heterocycles. The van der Waals surface area contributed by atoms with Crippen LogP contribution in [0.5, 0.6) is 0 Å². The summed E-state index contributed by atoms with van der Waals surface area (Å²) in [6, 6.07) is 16.1. The third-order valence-corrected chi connectivity index (χ3v) is 6.84. The van der Waals surface area contributed by atoms with Gasteiger partial charge in [-0.25, -0.2) is 14.0 Å². The predicted octanol–water partition coefficient (Wildman–Crippen LogP) is 4.02. The highest BCUT2D eigenvalue weighted by atomic mass is 19.1. The Morgan fingerprint density at radius 2 is 1.55 bits per heavy atom. The number of halogens is 1. The molecule has 33 heavy (non-hydrogen) atoms. The maximum absolute atomic E-state index is 13.6. The average molecular weight is 443 g/mol. The Kier molecular flexibility index (Phi) is 4.60. The highest BCUT2D eigenvalue weighted by Gasteiger charge is 2.49. The average Bonchev–Trinajstić information content (AvgIpc) is 3.38. The Balaban J connectivity index is 1.41. The molecule has 3 heterocycles. The first-order valence-electron chi connectivity index (χ1n) is 11.2. The van der Waals surface area contributed by atoms with Crippen molar-refractivity contribution < 1.29 is 14.0 Å². The Bertz CT molecular complexity index is 1230. The summed E-state index contributed by atoms with van der Waals surface area (Å²) >= 11 is 0. The molecule has 3 aliphatic rings. The first-order valence-corrected chi connectivity index (χ1v) is 11.2. The molecule has 7 nitrogen and oxygen atoms in total. The normalized spacial score (nSPS) is 26.2. The lowest BCUT2D eigenvalue weighted by Gasteiger charge is -2.31. The van der Waals surface area contributed by atoms with Gasteiger partial charge in [-0.15, -0.1) is 5.10 Å². The van der Waals surface area contributed by atoms with Crippen LogP contribution < -0.4 is 10.2 Å². The summed E-state index contributed by atoms with van der Waals surface area (Å²) in [5.41, 5.74) is 1.97. The molecular weight excluding hydrogens is 421 g/mol. The smallest absolute Gasteiger partial charge is 0.260 e. The lowest BCUT2D eigenvalue weighted by atomic mass is 9.85. The minimum Gasteiger partial charge on any atom is -0.347 e. The number of hydrogen-bond donors (Lipinski definition) is 1. The quantitative estimate of drug-likeness (QED) is 0.489. The second-order valence-corrected chi connectivity index (χ2v) is 8.76. The van der Waals surface area contributed by atoms with E-state index >= 15 is 0 Å². The van der Waals surface area contributed by atoms with Gasteiger partial charge in [0.2, 0.25) is 17.8 Å². The summed E-state index contributed by atoms with van der Waals surface area (Å²) < 4.78 is 15.3. The van der Waals surface area contributed by atoms with Gasteiger partial charge in [0.05, 0.1) is 23.9 Å². The summed E-state index contributed by atoms with van der Waals surface area (Å²) in [4.78, 5) is 31.9. The molecular formula is C25H22FN5O2. The number of anilines is 2. The van der Waals surface area contributed by atoms with Crippen LogP contribution in [0, 0.1) is 17.7 Å². The number of benzene rings is 2. The monoisotopic (exact) mass is 443 g/mol. The Morgan fingerprint density at radius 1 is 0.879 bits per heavy atom. The van der Waals surface area contributed by atoms with Gasteiger partial charge in [0.1, 0.15) is 5.82 Å². The van der Waals surface area contributed by atoms with E-state index in [1.165, 1.54) is 12.1 Å². The summed E-state index contributed by atoms with van der Waals surface area (Å²) in [5, 5.41) is 8.03. The lowest BCUT2D eigenvalue weighted by Crippen LogP contribution is -2.32. The van der Waals surface area contributed by atoms with Crippen molar-refractivity contribution in [2.75, 3.05) is 10.2 Å². The van der Waals surface area contributed by atoms with E-state index in [4.69, 9.17) is 0 Å². The summed E-state index contributed by atoms with van der Waals surface area (Å²) in [5.74, 6) is -0.903. The predicted molar refractivity (Wildman–Crippen MR) is 120 cm³/mol. The fraction of sp³-hybridized carbons (Fsp3) is 0.280. The molecule has 2 aromatic carbocycles. The summed E-state index contributed by atoms with van der Waals surface area (Å²) in [7, 11) is 0. The van der Waals surface area contributed by atoms with Crippen molar-refractivity contribution >= 4 is 23.7 Å². The molecule has 1 fully saturated rings. The molecule has 166 valence electrons. The molecule has 1 aliphatic carbocycles. The number of carbonyl (C=O) groups excluding carboxylic acids is 2. The van der Waals surface area contributed by atoms with E-state index in [-0.39, 0.29) is 47.5 Å². The number of amides is 2. The third kappa shape index (κ3) is 3.25. The van der Waals surface area contributed by atoms with E-state index in [9.17, 15) is 14.0 Å².